The number of ether oxygens (including phenoxy) is 8. The van der Waals surface area contributed by atoms with Crippen LogP contribution in [0.5, 0.6) is 23.0 Å². The molecule has 0 saturated heterocycles. The molecule has 0 bridgehead atoms. The number of aliphatic hydroxyl groups excluding tert-OH is 7. The van der Waals surface area contributed by atoms with Crippen LogP contribution in [0, 0.1) is 5.41 Å². The van der Waals surface area contributed by atoms with Gasteiger partial charge in [0, 0.05) is 18.2 Å². The highest BCUT2D eigenvalue weighted by Gasteiger charge is 2.22. The summed E-state index contributed by atoms with van der Waals surface area (Å²) in [4.78, 5) is 52.6. The summed E-state index contributed by atoms with van der Waals surface area (Å²) in [5.41, 5.74) is 21.1. The Hall–Kier alpha value is -7.29. The summed E-state index contributed by atoms with van der Waals surface area (Å²) in [6.07, 6.45) is -0.762. The first-order valence-electron chi connectivity index (χ1n) is 33.0. The summed E-state index contributed by atoms with van der Waals surface area (Å²) in [6.45, 7) is 37.1. The van der Waals surface area contributed by atoms with Gasteiger partial charge in [-0.3, -0.25) is 19.2 Å². The second-order valence-corrected chi connectivity index (χ2v) is 24.6. The number of esters is 4. The van der Waals surface area contributed by atoms with Gasteiger partial charge in [-0.05, 0) is 174 Å². The molecule has 2 atom stereocenters. The second-order valence-electron chi connectivity index (χ2n) is 24.6. The Morgan fingerprint density at radius 3 is 1.14 bits per heavy atom. The van der Waals surface area contributed by atoms with E-state index in [-0.39, 0.29) is 93.1 Å². The van der Waals surface area contributed by atoms with Crippen molar-refractivity contribution in [3.63, 3.8) is 0 Å². The molecule has 0 aliphatic heterocycles. The SMILES string of the molecule is CC(C)(C)C(=O)OCO.CC(C)(C)O.CC(C)O.CC(C)OC(=O)C(C)N.CC(C)OC(=O)CN.CC(C)OC(=O)OCO.CCC(N)C(=O)OC(C)C.CCOc1ccccc1CO.CCOc1ccccc1O.C[N+](C)(C)CCO.NCCO.OCc1ccccc1.Oc1ccccc1. The van der Waals surface area contributed by atoms with Gasteiger partial charge in [0.1, 0.15) is 30.1 Å². The van der Waals surface area contributed by atoms with Crippen molar-refractivity contribution in [1.82, 2.24) is 0 Å². The molecule has 0 aromatic heterocycles. The van der Waals surface area contributed by atoms with Gasteiger partial charge < -0.3 is 116 Å². The number of phenolic OH excluding ortho intramolecular Hbond substituents is 2. The summed E-state index contributed by atoms with van der Waals surface area (Å²) < 4.78 is 38.3. The van der Waals surface area contributed by atoms with Gasteiger partial charge in [-0.25, -0.2) is 4.79 Å². The highest BCUT2D eigenvalue weighted by atomic mass is 16.8. The number of para-hydroxylation sites is 4. The topological polar surface area (TPSA) is 466 Å². The van der Waals surface area contributed by atoms with Crippen LogP contribution in [0.3, 0.4) is 0 Å². The molecule has 590 valence electrons. The quantitative estimate of drug-likeness (QED) is 0.0186. The van der Waals surface area contributed by atoms with Crippen LogP contribution < -0.4 is 32.4 Å². The Kier molecular flexibility index (Phi) is 82.1. The van der Waals surface area contributed by atoms with Gasteiger partial charge in [0.15, 0.2) is 25.1 Å². The second kappa shape index (κ2) is 73.9. The van der Waals surface area contributed by atoms with Crippen LogP contribution in [0.15, 0.2) is 109 Å². The third-order valence-corrected chi connectivity index (χ3v) is 8.96. The van der Waals surface area contributed by atoms with E-state index in [4.69, 9.17) is 92.9 Å². The van der Waals surface area contributed by atoms with Crippen molar-refractivity contribution in [3.05, 3.63) is 120 Å². The number of rotatable bonds is 19. The van der Waals surface area contributed by atoms with E-state index in [2.05, 4.69) is 40.1 Å². The first-order valence-corrected chi connectivity index (χ1v) is 33.0. The molecule has 0 amide bonds. The lowest BCUT2D eigenvalue weighted by Crippen LogP contribution is -2.36. The molecule has 0 saturated carbocycles. The van der Waals surface area contributed by atoms with E-state index < -0.39 is 42.8 Å². The molecule has 4 rings (SSSR count). The van der Waals surface area contributed by atoms with Crippen LogP contribution in [0.4, 0.5) is 4.79 Å². The fraction of sp³-hybridized carbons (Fsp3) is 0.603. The maximum atomic E-state index is 10.8. The molecule has 28 nitrogen and oxygen atoms in total. The van der Waals surface area contributed by atoms with Gasteiger partial charge in [-0.2, -0.15) is 0 Å². The van der Waals surface area contributed by atoms with Gasteiger partial charge in [0.25, 0.3) is 0 Å². The van der Waals surface area contributed by atoms with Gasteiger partial charge in [0.2, 0.25) is 0 Å². The number of nitrogens with two attached hydrogens (primary N) is 4. The summed E-state index contributed by atoms with van der Waals surface area (Å²) in [7, 11) is 6.16. The molecule has 0 aliphatic rings. The zero-order valence-electron chi connectivity index (χ0n) is 65.0. The zero-order chi connectivity index (χ0) is 80.8. The van der Waals surface area contributed by atoms with Crippen LogP contribution >= 0.6 is 0 Å². The van der Waals surface area contributed by atoms with Gasteiger partial charge in [-0.1, -0.05) is 85.8 Å². The minimum atomic E-state index is -0.840. The number of nitrogens with zero attached hydrogens (tertiary/aromatic N) is 1. The number of carbonyl (C=O) groups excluding carboxylic acids is 5. The minimum Gasteiger partial charge on any atom is -0.508 e. The highest BCUT2D eigenvalue weighted by Crippen LogP contribution is 2.24. The van der Waals surface area contributed by atoms with E-state index in [1.165, 1.54) is 0 Å². The number of hydrogen-bond acceptors (Lipinski definition) is 27. The largest absolute Gasteiger partial charge is 0.510 e. The number of phenols is 2. The molecule has 28 heteroatoms. The number of benzene rings is 4. The molecule has 2 unspecified atom stereocenters. The lowest BCUT2D eigenvalue weighted by Gasteiger charge is -2.21. The fourth-order valence-electron chi connectivity index (χ4n) is 4.67. The highest BCUT2D eigenvalue weighted by molar-refractivity contribution is 5.76. The first-order chi connectivity index (χ1) is 46.7. The Morgan fingerprint density at radius 1 is 0.515 bits per heavy atom. The molecule has 0 spiro atoms. The van der Waals surface area contributed by atoms with Crippen molar-refractivity contribution in [2.45, 2.75) is 206 Å². The molecule has 0 aliphatic carbocycles. The lowest BCUT2D eigenvalue weighted by atomic mass is 9.98. The Labute approximate surface area is 604 Å². The van der Waals surface area contributed by atoms with Crippen molar-refractivity contribution >= 4 is 30.0 Å². The van der Waals surface area contributed by atoms with Crippen molar-refractivity contribution in [3.8, 4) is 23.0 Å². The molecule has 101 heavy (non-hydrogen) atoms. The molecule has 4 aromatic rings. The average Bonchev–Trinajstić information content (AvgIpc) is 0.918. The van der Waals surface area contributed by atoms with E-state index in [1.807, 2.05) is 87.5 Å². The predicted octanol–water partition coefficient (Wildman–Crippen LogP) is 7.61. The molecular formula is C73H136N5O23+. The van der Waals surface area contributed by atoms with E-state index in [0.717, 1.165) is 27.9 Å². The van der Waals surface area contributed by atoms with E-state index in [9.17, 15) is 24.0 Å². The predicted molar refractivity (Wildman–Crippen MR) is 396 cm³/mol. The number of aliphatic hydroxyl groups is 8. The van der Waals surface area contributed by atoms with Crippen molar-refractivity contribution in [2.24, 2.45) is 28.3 Å². The van der Waals surface area contributed by atoms with Crippen LogP contribution in [-0.2, 0) is 60.8 Å². The first kappa shape index (κ1) is 112. The van der Waals surface area contributed by atoms with E-state index >= 15 is 0 Å². The zero-order valence-corrected chi connectivity index (χ0v) is 65.0. The fourth-order valence-corrected chi connectivity index (χ4v) is 4.67. The van der Waals surface area contributed by atoms with Crippen LogP contribution in [0.2, 0.25) is 0 Å². The maximum absolute atomic E-state index is 10.8. The van der Waals surface area contributed by atoms with Crippen LogP contribution in [0.25, 0.3) is 0 Å². The molecule has 0 radical (unpaired) electrons. The molecule has 0 fully saturated rings. The molecule has 4 aromatic carbocycles. The summed E-state index contributed by atoms with van der Waals surface area (Å²) >= 11 is 0. The van der Waals surface area contributed by atoms with Crippen molar-refractivity contribution in [2.75, 3.05) is 80.8 Å². The van der Waals surface area contributed by atoms with Crippen LogP contribution in [-0.4, -0.2) is 215 Å². The number of likely N-dealkylation sites (N-methyl/N-ethyl adjacent to an activating group) is 1. The number of hydrogen-bond donors (Lipinski definition) is 14. The molecule has 0 heterocycles. The summed E-state index contributed by atoms with van der Waals surface area (Å²) in [5, 5.41) is 84.0. The Bertz CT molecular complexity index is 2460. The third-order valence-electron chi connectivity index (χ3n) is 8.96. The van der Waals surface area contributed by atoms with Crippen molar-refractivity contribution in [1.29, 1.82) is 0 Å². The van der Waals surface area contributed by atoms with Gasteiger partial charge in [0.05, 0.1) is 103 Å². The standard InChI is InChI=1S/C9H12O2.C8H10O2.C7H15NO2.C7H8O.C6H13NO2.C6H12O3.C6H6O.C5H11NO2.C5H14NO.C5H10O4.C4H10O.C3H8O.C2H7NO/c1-2-11-9-6-4-3-5-8(9)7-10;1-2-10-8-6-4-3-5-7(8)9;1-4-6(8)7(9)10-5(2)3;8-6-7-4-2-1-3-5-7;1-4(2)9-6(8)5(3)7;1-6(2,3)5(8)9-4-7;7-6-4-2-1-3-5-6;1-4(2)8-5(7)3-6;1-6(2,3)4-5-7;1-4(2)9-5(7)8-3-6;1-4(2,3)5;1-3(2)4;3-1-2-4/h3-6,10H,2,7H2,1H3;3-6,9H,2H2,1H3;5-6H,4,8H2,1-3H3;1-5,8H,6H2;4-5H,7H2,1-3H3;7H,4H2,1-3H3;1-5,7H;4H,3,6H2,1-2H3;7H,4-5H2,1-3H3;4,6H,3H2,1-2H3;5H,1-3H3;3-4H,1-2H3;4H,1-3H2/q;;;;;;;;+1;;;;. The Morgan fingerprint density at radius 2 is 0.891 bits per heavy atom. The summed E-state index contributed by atoms with van der Waals surface area (Å²) in [5.74, 6) is 0.460. The van der Waals surface area contributed by atoms with E-state index in [0.29, 0.717) is 37.7 Å². The average molecular weight is 1450 g/mol. The summed E-state index contributed by atoms with van der Waals surface area (Å²) in [6, 6.07) is 31.7. The monoisotopic (exact) mass is 1450 g/mol. The number of aromatic hydroxyl groups is 2. The van der Waals surface area contributed by atoms with Crippen molar-refractivity contribution < 1.29 is 117 Å². The minimum absolute atomic E-state index is 0.0296. The van der Waals surface area contributed by atoms with Gasteiger partial charge >= 0.3 is 30.0 Å². The van der Waals surface area contributed by atoms with Crippen LogP contribution in [0.1, 0.15) is 156 Å². The maximum Gasteiger partial charge on any atom is 0.510 e. The van der Waals surface area contributed by atoms with E-state index in [1.54, 1.807) is 160 Å². The van der Waals surface area contributed by atoms with Gasteiger partial charge in [-0.15, -0.1) is 0 Å². The normalized spacial score (nSPS) is 10.5. The number of carbonyl (C=O) groups is 5. The number of quaternary nitrogens is 1. The Balaban J connectivity index is -0.000000131. The third kappa shape index (κ3) is 104. The molecular weight excluding hydrogens is 1310 g/mol. The molecule has 18 N–H and O–H groups in total. The smallest absolute Gasteiger partial charge is 0.508 e. The lowest BCUT2D eigenvalue weighted by molar-refractivity contribution is -0.870.